The Kier molecular flexibility index (Phi) is 3.83. The van der Waals surface area contributed by atoms with Crippen molar-refractivity contribution in [3.63, 3.8) is 0 Å². The van der Waals surface area contributed by atoms with Gasteiger partial charge in [-0.3, -0.25) is 9.58 Å². The molecule has 0 aliphatic carbocycles. The highest BCUT2D eigenvalue weighted by atomic mass is 35.5. The van der Waals surface area contributed by atoms with E-state index in [4.69, 9.17) is 11.6 Å². The van der Waals surface area contributed by atoms with Gasteiger partial charge in [0, 0.05) is 31.7 Å². The van der Waals surface area contributed by atoms with Gasteiger partial charge in [-0.05, 0) is 45.2 Å². The number of hydrogen-bond acceptors (Lipinski definition) is 3. The molecule has 19 heavy (non-hydrogen) atoms. The molecule has 0 amide bonds. The smallest absolute Gasteiger partial charge is 0.131 e. The molecule has 3 heterocycles. The van der Waals surface area contributed by atoms with Crippen molar-refractivity contribution >= 4 is 11.6 Å². The van der Waals surface area contributed by atoms with E-state index < -0.39 is 0 Å². The van der Waals surface area contributed by atoms with Gasteiger partial charge in [0.25, 0.3) is 0 Å². The van der Waals surface area contributed by atoms with Crippen LogP contribution in [0.1, 0.15) is 30.5 Å². The Balaban J connectivity index is 1.67. The van der Waals surface area contributed by atoms with E-state index in [1.807, 2.05) is 7.05 Å². The lowest BCUT2D eigenvalue weighted by Gasteiger charge is -2.41. The lowest BCUT2D eigenvalue weighted by Crippen LogP contribution is -2.51. The maximum Gasteiger partial charge on any atom is 0.131 e. The standard InChI is InChI=1S/C14H23ClN4/c1-10-12(14(15)18(2)17-10)9-19-7-5-13-11(8-19)4-3-6-16-13/h11,13,16H,3-9H2,1-2H3. The highest BCUT2D eigenvalue weighted by Gasteiger charge is 2.31. The summed E-state index contributed by atoms with van der Waals surface area (Å²) in [5.41, 5.74) is 2.27. The average molecular weight is 283 g/mol. The predicted molar refractivity (Wildman–Crippen MR) is 77.4 cm³/mol. The van der Waals surface area contributed by atoms with E-state index >= 15 is 0 Å². The lowest BCUT2D eigenvalue weighted by atomic mass is 9.85. The Hall–Kier alpha value is -0.580. The highest BCUT2D eigenvalue weighted by molar-refractivity contribution is 6.30. The van der Waals surface area contributed by atoms with Gasteiger partial charge in [-0.25, -0.2) is 0 Å². The number of nitrogens with zero attached hydrogens (tertiary/aromatic N) is 3. The predicted octanol–water partition coefficient (Wildman–Crippen LogP) is 1.96. The second-order valence-electron chi connectivity index (χ2n) is 5.97. The van der Waals surface area contributed by atoms with Gasteiger partial charge < -0.3 is 5.32 Å². The first kappa shape index (κ1) is 13.4. The molecular weight excluding hydrogens is 260 g/mol. The van der Waals surface area contributed by atoms with E-state index in [-0.39, 0.29) is 0 Å². The van der Waals surface area contributed by atoms with Crippen LogP contribution in [0.4, 0.5) is 0 Å². The van der Waals surface area contributed by atoms with Gasteiger partial charge >= 0.3 is 0 Å². The summed E-state index contributed by atoms with van der Waals surface area (Å²) in [6, 6.07) is 0.746. The first-order valence-corrected chi connectivity index (χ1v) is 7.66. The molecule has 1 aromatic heterocycles. The van der Waals surface area contributed by atoms with Crippen LogP contribution in [0.3, 0.4) is 0 Å². The van der Waals surface area contributed by atoms with Crippen LogP contribution in [0.15, 0.2) is 0 Å². The molecular formula is C14H23ClN4. The Morgan fingerprint density at radius 3 is 3.00 bits per heavy atom. The largest absolute Gasteiger partial charge is 0.314 e. The van der Waals surface area contributed by atoms with Crippen molar-refractivity contribution in [1.29, 1.82) is 0 Å². The molecule has 1 N–H and O–H groups in total. The molecule has 2 atom stereocenters. The van der Waals surface area contributed by atoms with Crippen molar-refractivity contribution < 1.29 is 0 Å². The highest BCUT2D eigenvalue weighted by Crippen LogP contribution is 2.27. The molecule has 2 aliphatic rings. The molecule has 1 aromatic rings. The first-order chi connectivity index (χ1) is 9.15. The van der Waals surface area contributed by atoms with Crippen LogP contribution in [0.5, 0.6) is 0 Å². The van der Waals surface area contributed by atoms with E-state index in [2.05, 4.69) is 22.2 Å². The maximum atomic E-state index is 6.33. The molecule has 0 aromatic carbocycles. The third kappa shape index (κ3) is 2.67. The van der Waals surface area contributed by atoms with E-state index in [0.717, 1.165) is 29.4 Å². The van der Waals surface area contributed by atoms with E-state index in [1.54, 1.807) is 4.68 Å². The topological polar surface area (TPSA) is 33.1 Å². The molecule has 0 radical (unpaired) electrons. The van der Waals surface area contributed by atoms with Crippen molar-refractivity contribution in [2.75, 3.05) is 19.6 Å². The summed E-state index contributed by atoms with van der Waals surface area (Å²) >= 11 is 6.33. The Morgan fingerprint density at radius 2 is 2.26 bits per heavy atom. The zero-order valence-electron chi connectivity index (χ0n) is 11.8. The second kappa shape index (κ2) is 5.43. The van der Waals surface area contributed by atoms with Gasteiger partial charge in [0.1, 0.15) is 5.15 Å². The zero-order valence-corrected chi connectivity index (χ0v) is 12.6. The number of rotatable bonds is 2. The van der Waals surface area contributed by atoms with Crippen LogP contribution in [0.25, 0.3) is 0 Å². The molecule has 3 rings (SSSR count). The van der Waals surface area contributed by atoms with Crippen molar-refractivity contribution in [1.82, 2.24) is 20.0 Å². The van der Waals surface area contributed by atoms with Crippen molar-refractivity contribution in [2.45, 2.75) is 38.8 Å². The summed E-state index contributed by atoms with van der Waals surface area (Å²) in [7, 11) is 1.91. The van der Waals surface area contributed by atoms with Crippen LogP contribution in [-0.4, -0.2) is 40.4 Å². The molecule has 4 nitrogen and oxygen atoms in total. The Morgan fingerprint density at radius 1 is 1.42 bits per heavy atom. The van der Waals surface area contributed by atoms with Gasteiger partial charge in [-0.15, -0.1) is 0 Å². The molecule has 5 heteroatoms. The summed E-state index contributed by atoms with van der Waals surface area (Å²) in [4.78, 5) is 2.55. The number of aryl methyl sites for hydroxylation is 2. The number of likely N-dealkylation sites (tertiary alicyclic amines) is 1. The number of nitrogens with one attached hydrogen (secondary N) is 1. The van der Waals surface area contributed by atoms with Gasteiger partial charge in [0.15, 0.2) is 0 Å². The van der Waals surface area contributed by atoms with Crippen molar-refractivity contribution in [2.24, 2.45) is 13.0 Å². The average Bonchev–Trinajstić information content (AvgIpc) is 2.65. The van der Waals surface area contributed by atoms with Gasteiger partial charge in [0.05, 0.1) is 5.69 Å². The fraction of sp³-hybridized carbons (Fsp3) is 0.786. The number of piperidine rings is 2. The van der Waals surface area contributed by atoms with Crippen molar-refractivity contribution in [3.8, 4) is 0 Å². The van der Waals surface area contributed by atoms with Gasteiger partial charge in [-0.2, -0.15) is 5.10 Å². The Bertz CT molecular complexity index is 457. The summed E-state index contributed by atoms with van der Waals surface area (Å²) in [6.45, 7) is 6.56. The van der Waals surface area contributed by atoms with E-state index in [1.165, 1.54) is 44.5 Å². The number of fused-ring (bicyclic) bond motifs is 1. The Labute approximate surface area is 120 Å². The number of hydrogen-bond donors (Lipinski definition) is 1. The zero-order chi connectivity index (χ0) is 13.4. The molecule has 2 saturated heterocycles. The molecule has 2 aliphatic heterocycles. The molecule has 0 bridgehead atoms. The van der Waals surface area contributed by atoms with Crippen LogP contribution in [-0.2, 0) is 13.6 Å². The van der Waals surface area contributed by atoms with Crippen LogP contribution in [0, 0.1) is 12.8 Å². The van der Waals surface area contributed by atoms with Crippen LogP contribution in [0.2, 0.25) is 5.15 Å². The van der Waals surface area contributed by atoms with E-state index in [9.17, 15) is 0 Å². The summed E-state index contributed by atoms with van der Waals surface area (Å²) in [6.07, 6.45) is 3.96. The van der Waals surface area contributed by atoms with Crippen LogP contribution < -0.4 is 5.32 Å². The SMILES string of the molecule is Cc1nn(C)c(Cl)c1CN1CCC2NCCCC2C1. The lowest BCUT2D eigenvalue weighted by molar-refractivity contribution is 0.109. The quantitative estimate of drug-likeness (QED) is 0.900. The summed E-state index contributed by atoms with van der Waals surface area (Å²) in [5.74, 6) is 0.818. The third-order valence-corrected chi connectivity index (χ3v) is 5.10. The minimum atomic E-state index is 0.746. The van der Waals surface area contributed by atoms with Gasteiger partial charge in [0.2, 0.25) is 0 Å². The number of halogens is 1. The summed E-state index contributed by atoms with van der Waals surface area (Å²) in [5, 5.41) is 8.86. The molecule has 0 saturated carbocycles. The molecule has 2 unspecified atom stereocenters. The van der Waals surface area contributed by atoms with Crippen LogP contribution >= 0.6 is 11.6 Å². The second-order valence-corrected chi connectivity index (χ2v) is 6.32. The molecule has 2 fully saturated rings. The molecule has 106 valence electrons. The van der Waals surface area contributed by atoms with E-state index in [0.29, 0.717) is 0 Å². The van der Waals surface area contributed by atoms with Gasteiger partial charge in [-0.1, -0.05) is 11.6 Å². The fourth-order valence-corrected chi connectivity index (χ4v) is 3.78. The first-order valence-electron chi connectivity index (χ1n) is 7.29. The minimum absolute atomic E-state index is 0.746. The fourth-order valence-electron chi connectivity index (χ4n) is 3.54. The minimum Gasteiger partial charge on any atom is -0.314 e. The van der Waals surface area contributed by atoms with Crippen molar-refractivity contribution in [3.05, 3.63) is 16.4 Å². The maximum absolute atomic E-state index is 6.33. The monoisotopic (exact) mass is 282 g/mol. The molecule has 0 spiro atoms. The normalized spacial score (nSPS) is 28.4. The third-order valence-electron chi connectivity index (χ3n) is 4.63. The summed E-state index contributed by atoms with van der Waals surface area (Å²) < 4.78 is 1.78. The number of aromatic nitrogens is 2.